The largest absolute Gasteiger partial charge is 0.478 e. The number of hydrogen-bond acceptors (Lipinski definition) is 4. The van der Waals surface area contributed by atoms with E-state index in [-0.39, 0.29) is 11.4 Å². The van der Waals surface area contributed by atoms with E-state index in [4.69, 9.17) is 9.84 Å². The fourth-order valence-electron chi connectivity index (χ4n) is 1.10. The van der Waals surface area contributed by atoms with Crippen LogP contribution in [0.4, 0.5) is 10.6 Å². The summed E-state index contributed by atoms with van der Waals surface area (Å²) in [6.07, 6.45) is 0.638. The van der Waals surface area contributed by atoms with Crippen molar-refractivity contribution >= 4 is 33.8 Å². The van der Waals surface area contributed by atoms with Crippen molar-refractivity contribution in [2.45, 2.75) is 26.4 Å². The molecule has 1 aromatic rings. The van der Waals surface area contributed by atoms with Crippen LogP contribution in [-0.4, -0.2) is 27.8 Å². The smallest absolute Gasteiger partial charge is 0.413 e. The Morgan fingerprint density at radius 1 is 1.44 bits per heavy atom. The SMILES string of the molecule is CC(C)(C)OC(=O)Nc1ncc(Br)cc1C(=O)O. The number of carboxylic acids is 1. The van der Waals surface area contributed by atoms with Gasteiger partial charge in [-0.05, 0) is 42.8 Å². The molecule has 0 spiro atoms. The fourth-order valence-corrected chi connectivity index (χ4v) is 1.43. The van der Waals surface area contributed by atoms with E-state index in [0.717, 1.165) is 0 Å². The van der Waals surface area contributed by atoms with Crippen LogP contribution < -0.4 is 5.32 Å². The van der Waals surface area contributed by atoms with Crippen molar-refractivity contribution in [3.63, 3.8) is 0 Å². The summed E-state index contributed by atoms with van der Waals surface area (Å²) in [6, 6.07) is 1.35. The molecule has 98 valence electrons. The van der Waals surface area contributed by atoms with Gasteiger partial charge in [0.2, 0.25) is 0 Å². The lowest BCUT2D eigenvalue weighted by Gasteiger charge is -2.19. The molecule has 1 rings (SSSR count). The number of carbonyl (C=O) groups excluding carboxylic acids is 1. The van der Waals surface area contributed by atoms with Crippen molar-refractivity contribution in [2.75, 3.05) is 5.32 Å². The highest BCUT2D eigenvalue weighted by atomic mass is 79.9. The second-order valence-electron chi connectivity index (χ2n) is 4.48. The fraction of sp³-hybridized carbons (Fsp3) is 0.364. The number of pyridine rings is 1. The van der Waals surface area contributed by atoms with E-state index in [1.807, 2.05) is 0 Å². The highest BCUT2D eigenvalue weighted by molar-refractivity contribution is 9.10. The van der Waals surface area contributed by atoms with Crippen molar-refractivity contribution < 1.29 is 19.4 Å². The molecule has 0 aliphatic rings. The van der Waals surface area contributed by atoms with Gasteiger partial charge in [-0.1, -0.05) is 0 Å². The first-order valence-corrected chi connectivity index (χ1v) is 5.87. The minimum atomic E-state index is -1.19. The number of nitrogens with one attached hydrogen (secondary N) is 1. The molecule has 6 nitrogen and oxygen atoms in total. The standard InChI is InChI=1S/C11H13BrN2O4/c1-11(2,3)18-10(17)14-8-7(9(15)16)4-6(12)5-13-8/h4-5H,1-3H3,(H,15,16)(H,13,14,17). The van der Waals surface area contributed by atoms with E-state index in [9.17, 15) is 9.59 Å². The van der Waals surface area contributed by atoms with Crippen LogP contribution in [0.25, 0.3) is 0 Å². The predicted molar refractivity (Wildman–Crippen MR) is 68.8 cm³/mol. The minimum Gasteiger partial charge on any atom is -0.478 e. The molecule has 1 amide bonds. The number of rotatable bonds is 2. The molecule has 0 radical (unpaired) electrons. The van der Waals surface area contributed by atoms with Crippen molar-refractivity contribution in [3.05, 3.63) is 22.3 Å². The Balaban J connectivity index is 2.91. The van der Waals surface area contributed by atoms with Crippen LogP contribution in [0.2, 0.25) is 0 Å². The lowest BCUT2D eigenvalue weighted by molar-refractivity contribution is 0.0635. The van der Waals surface area contributed by atoms with Gasteiger partial charge in [0.25, 0.3) is 0 Å². The topological polar surface area (TPSA) is 88.5 Å². The molecule has 1 aromatic heterocycles. The molecule has 0 atom stereocenters. The van der Waals surface area contributed by atoms with Crippen LogP contribution in [0.1, 0.15) is 31.1 Å². The van der Waals surface area contributed by atoms with Crippen LogP contribution in [0, 0.1) is 0 Å². The average Bonchev–Trinajstić information content (AvgIpc) is 2.17. The average molecular weight is 317 g/mol. The summed E-state index contributed by atoms with van der Waals surface area (Å²) < 4.78 is 5.52. The second-order valence-corrected chi connectivity index (χ2v) is 5.40. The quantitative estimate of drug-likeness (QED) is 0.875. The van der Waals surface area contributed by atoms with Crippen LogP contribution in [0.5, 0.6) is 0 Å². The van der Waals surface area contributed by atoms with Gasteiger partial charge < -0.3 is 9.84 Å². The zero-order valence-electron chi connectivity index (χ0n) is 10.2. The molecule has 0 saturated carbocycles. The molecular formula is C11H13BrN2O4. The first kappa shape index (κ1) is 14.4. The van der Waals surface area contributed by atoms with E-state index in [2.05, 4.69) is 26.2 Å². The molecule has 0 aliphatic carbocycles. The van der Waals surface area contributed by atoms with Crippen LogP contribution >= 0.6 is 15.9 Å². The van der Waals surface area contributed by atoms with E-state index in [0.29, 0.717) is 4.47 Å². The normalized spacial score (nSPS) is 10.9. The summed E-state index contributed by atoms with van der Waals surface area (Å²) in [4.78, 5) is 26.3. The molecule has 2 N–H and O–H groups in total. The van der Waals surface area contributed by atoms with Gasteiger partial charge >= 0.3 is 12.1 Å². The summed E-state index contributed by atoms with van der Waals surface area (Å²) in [5, 5.41) is 11.3. The molecule has 0 unspecified atom stereocenters. The van der Waals surface area contributed by atoms with Crippen molar-refractivity contribution in [2.24, 2.45) is 0 Å². The van der Waals surface area contributed by atoms with Gasteiger partial charge in [-0.3, -0.25) is 5.32 Å². The van der Waals surface area contributed by atoms with Gasteiger partial charge in [0.15, 0.2) is 0 Å². The summed E-state index contributed by atoms with van der Waals surface area (Å²) in [7, 11) is 0. The van der Waals surface area contributed by atoms with Gasteiger partial charge in [-0.15, -0.1) is 0 Å². The Kier molecular flexibility index (Phi) is 4.28. The monoisotopic (exact) mass is 316 g/mol. The highest BCUT2D eigenvalue weighted by Gasteiger charge is 2.19. The van der Waals surface area contributed by atoms with Gasteiger partial charge in [0.05, 0.1) is 0 Å². The third-order valence-electron chi connectivity index (χ3n) is 1.70. The third kappa shape index (κ3) is 4.33. The Labute approximate surface area is 112 Å². The predicted octanol–water partition coefficient (Wildman–Crippen LogP) is 2.89. The molecular weight excluding hydrogens is 304 g/mol. The number of aromatic carboxylic acids is 1. The first-order chi connectivity index (χ1) is 8.19. The Morgan fingerprint density at radius 2 is 2.06 bits per heavy atom. The number of carbonyl (C=O) groups is 2. The molecule has 1 heterocycles. The minimum absolute atomic E-state index is 0.0556. The summed E-state index contributed by atoms with van der Waals surface area (Å²) >= 11 is 3.11. The second kappa shape index (κ2) is 5.34. The molecule has 0 aliphatic heterocycles. The highest BCUT2D eigenvalue weighted by Crippen LogP contribution is 2.19. The van der Waals surface area contributed by atoms with Crippen molar-refractivity contribution in [1.29, 1.82) is 0 Å². The maximum atomic E-state index is 11.5. The maximum Gasteiger partial charge on any atom is 0.413 e. The summed E-state index contributed by atoms with van der Waals surface area (Å²) in [5.74, 6) is -1.24. The maximum absolute atomic E-state index is 11.5. The molecule has 7 heteroatoms. The first-order valence-electron chi connectivity index (χ1n) is 5.08. The number of halogens is 1. The van der Waals surface area contributed by atoms with Gasteiger partial charge in [-0.25, -0.2) is 14.6 Å². The number of hydrogen-bond donors (Lipinski definition) is 2. The number of nitrogens with zero attached hydrogens (tertiary/aromatic N) is 1. The zero-order valence-corrected chi connectivity index (χ0v) is 11.7. The number of aromatic nitrogens is 1. The lowest BCUT2D eigenvalue weighted by Crippen LogP contribution is -2.28. The Bertz CT molecular complexity index is 482. The van der Waals surface area contributed by atoms with Crippen LogP contribution in [0.3, 0.4) is 0 Å². The van der Waals surface area contributed by atoms with Crippen LogP contribution in [0.15, 0.2) is 16.7 Å². The van der Waals surface area contributed by atoms with Gasteiger partial charge in [0.1, 0.15) is 17.0 Å². The molecule has 0 aromatic carbocycles. The summed E-state index contributed by atoms with van der Waals surface area (Å²) in [6.45, 7) is 5.12. The Hall–Kier alpha value is -1.63. The van der Waals surface area contributed by atoms with Gasteiger partial charge in [0, 0.05) is 10.7 Å². The van der Waals surface area contributed by atoms with E-state index in [1.54, 1.807) is 20.8 Å². The molecule has 0 saturated heterocycles. The molecule has 0 fully saturated rings. The number of amides is 1. The van der Waals surface area contributed by atoms with Gasteiger partial charge in [-0.2, -0.15) is 0 Å². The van der Waals surface area contributed by atoms with E-state index < -0.39 is 17.7 Å². The van der Waals surface area contributed by atoms with Crippen molar-refractivity contribution in [1.82, 2.24) is 4.98 Å². The van der Waals surface area contributed by atoms with E-state index in [1.165, 1.54) is 12.3 Å². The van der Waals surface area contributed by atoms with Crippen LogP contribution in [-0.2, 0) is 4.74 Å². The molecule has 18 heavy (non-hydrogen) atoms. The molecule has 0 bridgehead atoms. The lowest BCUT2D eigenvalue weighted by atomic mass is 10.2. The number of ether oxygens (including phenoxy) is 1. The third-order valence-corrected chi connectivity index (χ3v) is 2.14. The number of anilines is 1. The number of carboxylic acid groups (broad SMARTS) is 1. The Morgan fingerprint density at radius 3 is 2.56 bits per heavy atom. The van der Waals surface area contributed by atoms with E-state index >= 15 is 0 Å². The van der Waals surface area contributed by atoms with Crippen molar-refractivity contribution in [3.8, 4) is 0 Å². The zero-order chi connectivity index (χ0) is 13.9. The summed E-state index contributed by atoms with van der Waals surface area (Å²) in [5.41, 5.74) is -0.779.